The van der Waals surface area contributed by atoms with Gasteiger partial charge in [-0.15, -0.1) is 24.0 Å². The third-order valence-corrected chi connectivity index (χ3v) is 6.92. The Hall–Kier alpha value is -0.610. The molecule has 1 saturated carbocycles. The van der Waals surface area contributed by atoms with Crippen molar-refractivity contribution in [2.45, 2.75) is 50.6 Å². The fourth-order valence-electron chi connectivity index (χ4n) is 5.21. The maximum atomic E-state index is 12.7. The van der Waals surface area contributed by atoms with Gasteiger partial charge in [-0.05, 0) is 19.3 Å². The number of rotatable bonds is 4. The van der Waals surface area contributed by atoms with E-state index in [1.54, 1.807) is 0 Å². The molecule has 0 aromatic heterocycles. The lowest BCUT2D eigenvalue weighted by molar-refractivity contribution is -0.135. The van der Waals surface area contributed by atoms with E-state index >= 15 is 0 Å². The summed E-state index contributed by atoms with van der Waals surface area (Å²) >= 11 is 0. The molecule has 7 nitrogen and oxygen atoms in total. The van der Waals surface area contributed by atoms with Crippen LogP contribution in [0.25, 0.3) is 0 Å². The van der Waals surface area contributed by atoms with E-state index in [-0.39, 0.29) is 29.9 Å². The molecule has 4 aliphatic heterocycles. The Morgan fingerprint density at radius 3 is 2.39 bits per heavy atom. The van der Waals surface area contributed by atoms with Crippen LogP contribution in [0.1, 0.15) is 38.5 Å². The van der Waals surface area contributed by atoms with Crippen LogP contribution in [0.5, 0.6) is 0 Å². The van der Waals surface area contributed by atoms with Crippen LogP contribution in [0.4, 0.5) is 0 Å². The fourth-order valence-corrected chi connectivity index (χ4v) is 5.21. The number of likely N-dealkylation sites (tertiary alicyclic amines) is 1. The molecule has 0 spiro atoms. The summed E-state index contributed by atoms with van der Waals surface area (Å²) in [6.45, 7) is 8.63. The van der Waals surface area contributed by atoms with E-state index in [1.165, 1.54) is 45.4 Å². The number of carbonyl (C=O) groups is 1. The SMILES string of the molecule is CN=C(NCC1CN2CCN1CC2)NC1CCN(C(=O)C2CCCCC2)C1.I. The standard InChI is InChI=1S/C20H36N6O.HI/c1-21-20(22-13-18-15-24-9-11-25(18)12-10-24)23-17-7-8-26(14-17)19(27)16-5-3-2-4-6-16;/h16-18H,2-15H2,1H3,(H2,21,22,23);1H. The monoisotopic (exact) mass is 504 g/mol. The van der Waals surface area contributed by atoms with Crippen molar-refractivity contribution in [3.8, 4) is 0 Å². The summed E-state index contributed by atoms with van der Waals surface area (Å²) in [6.07, 6.45) is 6.93. The number of nitrogens with zero attached hydrogens (tertiary/aromatic N) is 4. The van der Waals surface area contributed by atoms with Crippen LogP contribution < -0.4 is 10.6 Å². The molecule has 2 bridgehead atoms. The minimum absolute atomic E-state index is 0. The van der Waals surface area contributed by atoms with Gasteiger partial charge in [-0.1, -0.05) is 19.3 Å². The maximum Gasteiger partial charge on any atom is 0.225 e. The zero-order valence-corrected chi connectivity index (χ0v) is 19.6. The molecule has 0 radical (unpaired) electrons. The molecule has 0 aromatic rings. The molecule has 5 rings (SSSR count). The average Bonchev–Trinajstić information content (AvgIpc) is 3.20. The average molecular weight is 504 g/mol. The van der Waals surface area contributed by atoms with Gasteiger partial charge in [0.2, 0.25) is 5.91 Å². The predicted molar refractivity (Wildman–Crippen MR) is 123 cm³/mol. The lowest BCUT2D eigenvalue weighted by Crippen LogP contribution is -2.64. The molecule has 4 saturated heterocycles. The van der Waals surface area contributed by atoms with E-state index in [0.717, 1.165) is 51.4 Å². The Bertz CT molecular complexity index is 545. The molecule has 5 aliphatic rings. The van der Waals surface area contributed by atoms with Gasteiger partial charge in [0.1, 0.15) is 0 Å². The molecule has 2 atom stereocenters. The van der Waals surface area contributed by atoms with Crippen molar-refractivity contribution in [3.63, 3.8) is 0 Å². The van der Waals surface area contributed by atoms with Gasteiger partial charge in [0.15, 0.2) is 5.96 Å². The zero-order chi connectivity index (χ0) is 18.6. The van der Waals surface area contributed by atoms with Gasteiger partial charge in [0.25, 0.3) is 0 Å². The summed E-state index contributed by atoms with van der Waals surface area (Å²) in [6, 6.07) is 0.898. The van der Waals surface area contributed by atoms with Crippen LogP contribution >= 0.6 is 24.0 Å². The lowest BCUT2D eigenvalue weighted by Gasteiger charge is -2.47. The second-order valence-corrected chi connectivity index (χ2v) is 8.69. The Morgan fingerprint density at radius 1 is 1.00 bits per heavy atom. The molecular formula is C20H37IN6O. The van der Waals surface area contributed by atoms with Gasteiger partial charge in [-0.3, -0.25) is 19.6 Å². The number of amides is 1. The van der Waals surface area contributed by atoms with E-state index < -0.39 is 0 Å². The second kappa shape index (κ2) is 10.4. The molecule has 5 fully saturated rings. The summed E-state index contributed by atoms with van der Waals surface area (Å²) < 4.78 is 0. The van der Waals surface area contributed by atoms with Crippen LogP contribution in [-0.2, 0) is 4.79 Å². The number of fused-ring (bicyclic) bond motifs is 3. The summed E-state index contributed by atoms with van der Waals surface area (Å²) in [5.74, 6) is 1.55. The first-order valence-electron chi connectivity index (χ1n) is 11.0. The van der Waals surface area contributed by atoms with Crippen molar-refractivity contribution < 1.29 is 4.79 Å². The normalized spacial score (nSPS) is 33.5. The maximum absolute atomic E-state index is 12.7. The van der Waals surface area contributed by atoms with Crippen LogP contribution in [0.15, 0.2) is 4.99 Å². The molecular weight excluding hydrogens is 467 g/mol. The molecule has 1 aliphatic carbocycles. The highest BCUT2D eigenvalue weighted by Crippen LogP contribution is 2.26. The molecule has 0 aromatic carbocycles. The highest BCUT2D eigenvalue weighted by Gasteiger charge is 2.33. The Kier molecular flexibility index (Phi) is 8.22. The number of hydrogen-bond donors (Lipinski definition) is 2. The summed E-state index contributed by atoms with van der Waals surface area (Å²) in [7, 11) is 1.84. The Labute approximate surface area is 186 Å². The number of guanidine groups is 1. The van der Waals surface area contributed by atoms with E-state index in [2.05, 4.69) is 30.3 Å². The van der Waals surface area contributed by atoms with Gasteiger partial charge in [0, 0.05) is 77.4 Å². The van der Waals surface area contributed by atoms with Crippen molar-refractivity contribution in [1.82, 2.24) is 25.3 Å². The van der Waals surface area contributed by atoms with Crippen LogP contribution in [0, 0.1) is 5.92 Å². The Morgan fingerprint density at radius 2 is 1.75 bits per heavy atom. The summed E-state index contributed by atoms with van der Waals surface area (Å²) in [4.78, 5) is 24.4. The van der Waals surface area contributed by atoms with Crippen molar-refractivity contribution in [2.24, 2.45) is 10.9 Å². The second-order valence-electron chi connectivity index (χ2n) is 8.69. The molecule has 2 N–H and O–H groups in total. The molecule has 8 heteroatoms. The number of piperazine rings is 3. The van der Waals surface area contributed by atoms with E-state index in [4.69, 9.17) is 0 Å². The molecule has 1 amide bonds. The number of halogens is 1. The number of aliphatic imine (C=N–C) groups is 1. The minimum atomic E-state index is 0. The number of carbonyl (C=O) groups excluding carboxylic acids is 1. The van der Waals surface area contributed by atoms with Gasteiger partial charge in [-0.25, -0.2) is 0 Å². The van der Waals surface area contributed by atoms with E-state index in [0.29, 0.717) is 18.0 Å². The smallest absolute Gasteiger partial charge is 0.225 e. The van der Waals surface area contributed by atoms with Gasteiger partial charge in [-0.2, -0.15) is 0 Å². The van der Waals surface area contributed by atoms with Gasteiger partial charge >= 0.3 is 0 Å². The summed E-state index contributed by atoms with van der Waals surface area (Å²) in [5.41, 5.74) is 0. The van der Waals surface area contributed by atoms with Crippen molar-refractivity contribution in [2.75, 3.05) is 59.4 Å². The fraction of sp³-hybridized carbons (Fsp3) is 0.900. The van der Waals surface area contributed by atoms with E-state index in [9.17, 15) is 4.79 Å². The van der Waals surface area contributed by atoms with Gasteiger partial charge in [0.05, 0.1) is 0 Å². The topological polar surface area (TPSA) is 63.2 Å². The first-order valence-corrected chi connectivity index (χ1v) is 11.0. The number of nitrogens with one attached hydrogen (secondary N) is 2. The summed E-state index contributed by atoms with van der Waals surface area (Å²) in [5, 5.41) is 7.08. The van der Waals surface area contributed by atoms with Crippen molar-refractivity contribution >= 4 is 35.8 Å². The third-order valence-electron chi connectivity index (χ3n) is 6.92. The minimum Gasteiger partial charge on any atom is -0.355 e. The van der Waals surface area contributed by atoms with Crippen LogP contribution in [-0.4, -0.2) is 98.1 Å². The lowest BCUT2D eigenvalue weighted by atomic mass is 9.88. The Balaban J connectivity index is 0.00000225. The quantitative estimate of drug-likeness (QED) is 0.339. The number of hydrogen-bond acceptors (Lipinski definition) is 4. The molecule has 160 valence electrons. The van der Waals surface area contributed by atoms with Crippen LogP contribution in [0.2, 0.25) is 0 Å². The molecule has 2 unspecified atom stereocenters. The predicted octanol–water partition coefficient (Wildman–Crippen LogP) is 0.950. The highest BCUT2D eigenvalue weighted by atomic mass is 127. The third kappa shape index (κ3) is 5.30. The first-order chi connectivity index (χ1) is 13.2. The van der Waals surface area contributed by atoms with Crippen molar-refractivity contribution in [3.05, 3.63) is 0 Å². The molecule has 4 heterocycles. The van der Waals surface area contributed by atoms with Crippen LogP contribution in [0.3, 0.4) is 0 Å². The first kappa shape index (κ1) is 22.1. The van der Waals surface area contributed by atoms with E-state index in [1.807, 2.05) is 7.05 Å². The van der Waals surface area contributed by atoms with Crippen molar-refractivity contribution in [1.29, 1.82) is 0 Å². The van der Waals surface area contributed by atoms with Gasteiger partial charge < -0.3 is 15.5 Å². The molecule has 28 heavy (non-hydrogen) atoms. The highest BCUT2D eigenvalue weighted by molar-refractivity contribution is 14.0. The zero-order valence-electron chi connectivity index (χ0n) is 17.2. The largest absolute Gasteiger partial charge is 0.355 e.